The fourth-order valence-electron chi connectivity index (χ4n) is 2.31. The van der Waals surface area contributed by atoms with Crippen molar-refractivity contribution in [2.45, 2.75) is 36.2 Å². The van der Waals surface area contributed by atoms with Crippen molar-refractivity contribution in [3.05, 3.63) is 64.1 Å². The van der Waals surface area contributed by atoms with Gasteiger partial charge in [0.2, 0.25) is 5.16 Å². The van der Waals surface area contributed by atoms with Crippen LogP contribution < -0.4 is 5.32 Å². The number of ether oxygens (including phenoxy) is 1. The van der Waals surface area contributed by atoms with Crippen LogP contribution in [0.4, 0.5) is 4.79 Å². The SMILES string of the molecule is CC(NC(=O)OCc1ccccc1)C(=O)Cn1nnc(Sc2c(Cl)cccc2Cl)n1. The molecule has 3 rings (SSSR count). The summed E-state index contributed by atoms with van der Waals surface area (Å²) in [5, 5.41) is 15.6. The highest BCUT2D eigenvalue weighted by Crippen LogP contribution is 2.36. The highest BCUT2D eigenvalue weighted by molar-refractivity contribution is 7.99. The van der Waals surface area contributed by atoms with E-state index in [4.69, 9.17) is 27.9 Å². The van der Waals surface area contributed by atoms with Gasteiger partial charge in [0.1, 0.15) is 13.2 Å². The molecule has 0 aliphatic heterocycles. The predicted octanol–water partition coefficient (Wildman–Crippen LogP) is 4.02. The quantitative estimate of drug-likeness (QED) is 0.536. The van der Waals surface area contributed by atoms with Crippen LogP contribution in [0.3, 0.4) is 0 Å². The van der Waals surface area contributed by atoms with Gasteiger partial charge in [-0.2, -0.15) is 4.80 Å². The fraction of sp³-hybridized carbons (Fsp3) is 0.211. The van der Waals surface area contributed by atoms with Crippen LogP contribution in [0.5, 0.6) is 0 Å². The second-order valence-electron chi connectivity index (χ2n) is 6.15. The number of nitrogens with one attached hydrogen (secondary N) is 1. The molecule has 30 heavy (non-hydrogen) atoms. The van der Waals surface area contributed by atoms with Crippen LogP contribution in [-0.2, 0) is 22.7 Å². The number of hydrogen-bond acceptors (Lipinski definition) is 7. The van der Waals surface area contributed by atoms with E-state index in [9.17, 15) is 9.59 Å². The van der Waals surface area contributed by atoms with Gasteiger partial charge in [-0.1, -0.05) is 59.6 Å². The number of hydrogen-bond donors (Lipinski definition) is 1. The Bertz CT molecular complexity index is 1010. The van der Waals surface area contributed by atoms with Gasteiger partial charge in [-0.05, 0) is 41.6 Å². The topological polar surface area (TPSA) is 99.0 Å². The Balaban J connectivity index is 1.50. The number of amides is 1. The van der Waals surface area contributed by atoms with Gasteiger partial charge < -0.3 is 10.1 Å². The maximum atomic E-state index is 12.4. The molecule has 156 valence electrons. The Labute approximate surface area is 186 Å². The molecule has 8 nitrogen and oxygen atoms in total. The first-order valence-electron chi connectivity index (χ1n) is 8.82. The summed E-state index contributed by atoms with van der Waals surface area (Å²) in [4.78, 5) is 26.0. The summed E-state index contributed by atoms with van der Waals surface area (Å²) in [5.74, 6) is -0.309. The zero-order chi connectivity index (χ0) is 21.5. The van der Waals surface area contributed by atoms with Gasteiger partial charge in [-0.15, -0.1) is 10.2 Å². The molecule has 0 aliphatic carbocycles. The Kier molecular flexibility index (Phi) is 7.67. The second-order valence-corrected chi connectivity index (χ2v) is 7.94. The second kappa shape index (κ2) is 10.4. The van der Waals surface area contributed by atoms with Gasteiger partial charge in [0.25, 0.3) is 0 Å². The smallest absolute Gasteiger partial charge is 0.408 e. The van der Waals surface area contributed by atoms with E-state index in [0.29, 0.717) is 20.1 Å². The minimum absolute atomic E-state index is 0.114. The zero-order valence-electron chi connectivity index (χ0n) is 15.8. The van der Waals surface area contributed by atoms with E-state index in [1.807, 2.05) is 30.3 Å². The van der Waals surface area contributed by atoms with Crippen molar-refractivity contribution < 1.29 is 14.3 Å². The van der Waals surface area contributed by atoms with Crippen LogP contribution in [0, 0.1) is 0 Å². The third-order valence-corrected chi connectivity index (χ3v) is 5.72. The summed E-state index contributed by atoms with van der Waals surface area (Å²) < 4.78 is 5.11. The molecular weight excluding hydrogens is 449 g/mol. The first-order chi connectivity index (χ1) is 14.4. The van der Waals surface area contributed by atoms with Crippen LogP contribution >= 0.6 is 35.0 Å². The van der Waals surface area contributed by atoms with Crippen LogP contribution in [0.25, 0.3) is 0 Å². The molecule has 11 heteroatoms. The van der Waals surface area contributed by atoms with Crippen molar-refractivity contribution in [1.29, 1.82) is 0 Å². The van der Waals surface area contributed by atoms with Crippen LogP contribution in [0.1, 0.15) is 12.5 Å². The van der Waals surface area contributed by atoms with Gasteiger partial charge >= 0.3 is 6.09 Å². The van der Waals surface area contributed by atoms with Gasteiger partial charge in [0, 0.05) is 0 Å². The average molecular weight is 466 g/mol. The molecule has 0 saturated heterocycles. The number of tetrazole rings is 1. The molecule has 1 amide bonds. The van der Waals surface area contributed by atoms with Gasteiger partial charge in [-0.25, -0.2) is 4.79 Å². The lowest BCUT2D eigenvalue weighted by Gasteiger charge is -2.12. The standard InChI is InChI=1S/C19H17Cl2N5O3S/c1-12(22-19(28)29-11-13-6-3-2-4-7-13)16(27)10-26-24-18(23-25-26)30-17-14(20)8-5-9-15(17)21/h2-9,12H,10-11H2,1H3,(H,22,28). The van der Waals surface area contributed by atoms with Crippen LogP contribution in [0.15, 0.2) is 58.6 Å². The number of rotatable bonds is 8. The lowest BCUT2D eigenvalue weighted by molar-refractivity contribution is -0.121. The lowest BCUT2D eigenvalue weighted by Crippen LogP contribution is -2.40. The lowest BCUT2D eigenvalue weighted by atomic mass is 10.2. The number of carbonyl (C=O) groups excluding carboxylic acids is 2. The first-order valence-corrected chi connectivity index (χ1v) is 10.4. The summed E-state index contributed by atoms with van der Waals surface area (Å²) in [6.45, 7) is 1.51. The number of alkyl carbamates (subject to hydrolysis) is 1. The predicted molar refractivity (Wildman–Crippen MR) is 113 cm³/mol. The molecule has 0 spiro atoms. The van der Waals surface area contributed by atoms with Crippen molar-refractivity contribution >= 4 is 46.8 Å². The molecule has 2 aromatic carbocycles. The van der Waals surface area contributed by atoms with E-state index in [-0.39, 0.29) is 18.9 Å². The number of nitrogens with zero attached hydrogens (tertiary/aromatic N) is 4. The molecule has 1 unspecified atom stereocenters. The molecule has 0 fully saturated rings. The monoisotopic (exact) mass is 465 g/mol. The fourth-order valence-corrected chi connectivity index (χ4v) is 3.66. The Morgan fingerprint density at radius 1 is 1.13 bits per heavy atom. The Morgan fingerprint density at radius 3 is 2.53 bits per heavy atom. The molecule has 3 aromatic rings. The third-order valence-electron chi connectivity index (χ3n) is 3.87. The Hall–Kier alpha value is -2.62. The van der Waals surface area contributed by atoms with Crippen molar-refractivity contribution in [1.82, 2.24) is 25.5 Å². The zero-order valence-corrected chi connectivity index (χ0v) is 18.1. The van der Waals surface area contributed by atoms with E-state index in [1.165, 1.54) is 0 Å². The third kappa shape index (κ3) is 6.19. The molecule has 1 atom stereocenters. The first kappa shape index (κ1) is 22.1. The van der Waals surface area contributed by atoms with Crippen molar-refractivity contribution in [2.24, 2.45) is 0 Å². The normalized spacial score (nSPS) is 11.7. The number of halogens is 2. The maximum absolute atomic E-state index is 12.4. The number of ketones is 1. The summed E-state index contributed by atoms with van der Waals surface area (Å²) in [6.07, 6.45) is -0.684. The molecule has 1 aromatic heterocycles. The van der Waals surface area contributed by atoms with E-state index < -0.39 is 12.1 Å². The molecule has 1 N–H and O–H groups in total. The molecule has 0 radical (unpaired) electrons. The number of benzene rings is 2. The van der Waals surface area contributed by atoms with E-state index in [2.05, 4.69) is 20.7 Å². The van der Waals surface area contributed by atoms with E-state index in [0.717, 1.165) is 22.1 Å². The molecule has 0 aliphatic rings. The minimum atomic E-state index is -0.784. The summed E-state index contributed by atoms with van der Waals surface area (Å²) in [5.41, 5.74) is 0.849. The molecule has 0 bridgehead atoms. The van der Waals surface area contributed by atoms with Gasteiger partial charge in [-0.3, -0.25) is 4.79 Å². The largest absolute Gasteiger partial charge is 0.445 e. The summed E-state index contributed by atoms with van der Waals surface area (Å²) in [7, 11) is 0. The van der Waals surface area contributed by atoms with Crippen molar-refractivity contribution in [3.8, 4) is 0 Å². The van der Waals surface area contributed by atoms with Gasteiger partial charge in [0.05, 0.1) is 21.0 Å². The van der Waals surface area contributed by atoms with E-state index >= 15 is 0 Å². The maximum Gasteiger partial charge on any atom is 0.408 e. The molecule has 1 heterocycles. The van der Waals surface area contributed by atoms with Crippen LogP contribution in [-0.4, -0.2) is 38.1 Å². The summed E-state index contributed by atoms with van der Waals surface area (Å²) >= 11 is 13.4. The van der Waals surface area contributed by atoms with Crippen molar-refractivity contribution in [2.75, 3.05) is 0 Å². The number of carbonyl (C=O) groups is 2. The molecule has 0 saturated carbocycles. The molecular formula is C19H17Cl2N5O3S. The highest BCUT2D eigenvalue weighted by Gasteiger charge is 2.19. The summed E-state index contributed by atoms with van der Waals surface area (Å²) in [6, 6.07) is 13.6. The average Bonchev–Trinajstić information content (AvgIpc) is 3.17. The number of aromatic nitrogens is 4. The number of Topliss-reactive ketones (excluding diaryl/α,β-unsaturated/α-hetero) is 1. The van der Waals surface area contributed by atoms with Crippen molar-refractivity contribution in [3.63, 3.8) is 0 Å². The highest BCUT2D eigenvalue weighted by atomic mass is 35.5. The minimum Gasteiger partial charge on any atom is -0.445 e. The van der Waals surface area contributed by atoms with E-state index in [1.54, 1.807) is 25.1 Å². The van der Waals surface area contributed by atoms with Crippen LogP contribution in [0.2, 0.25) is 10.0 Å². The van der Waals surface area contributed by atoms with Gasteiger partial charge in [0.15, 0.2) is 5.78 Å². The Morgan fingerprint density at radius 2 is 1.83 bits per heavy atom.